The Morgan fingerprint density at radius 1 is 0.972 bits per heavy atom. The van der Waals surface area contributed by atoms with E-state index in [0.29, 0.717) is 12.2 Å². The van der Waals surface area contributed by atoms with Gasteiger partial charge in [-0.3, -0.25) is 4.79 Å². The Morgan fingerprint density at radius 3 is 2.00 bits per heavy atom. The number of hydrogen-bond donors (Lipinski definition) is 2. The van der Waals surface area contributed by atoms with E-state index in [1.807, 2.05) is 0 Å². The molecule has 2 N–H and O–H groups in total. The third-order valence-electron chi connectivity index (χ3n) is 6.64. The highest BCUT2D eigenvalue weighted by Gasteiger charge is 2.36. The minimum Gasteiger partial charge on any atom is -0.461 e. The normalized spacial score (nSPS) is 20.9. The van der Waals surface area contributed by atoms with Gasteiger partial charge in [0.25, 0.3) is 0 Å². The van der Waals surface area contributed by atoms with Crippen LogP contribution in [0.25, 0.3) is 22.5 Å². The molecule has 192 valence electrons. The van der Waals surface area contributed by atoms with Crippen molar-refractivity contribution in [3.63, 3.8) is 0 Å². The zero-order valence-corrected chi connectivity index (χ0v) is 23.3. The largest absolute Gasteiger partial charge is 0.461 e. The average molecular weight is 507 g/mol. The number of thioether (sulfide) groups is 1. The van der Waals surface area contributed by atoms with E-state index in [9.17, 15) is 9.90 Å². The predicted octanol–water partition coefficient (Wildman–Crippen LogP) is 6.89. The van der Waals surface area contributed by atoms with Crippen LogP contribution >= 0.6 is 11.8 Å². The predicted molar refractivity (Wildman–Crippen MR) is 147 cm³/mol. The summed E-state index contributed by atoms with van der Waals surface area (Å²) in [7, 11) is 0. The minimum absolute atomic E-state index is 0.0400. The lowest BCUT2D eigenvalue weighted by Gasteiger charge is -2.32. The summed E-state index contributed by atoms with van der Waals surface area (Å²) in [5, 5.41) is 11.1. The number of aromatic nitrogens is 2. The second-order valence-electron chi connectivity index (χ2n) is 12.2. The summed E-state index contributed by atoms with van der Waals surface area (Å²) in [6, 6.07) is 17.3. The van der Waals surface area contributed by atoms with E-state index in [2.05, 4.69) is 95.1 Å². The highest BCUT2D eigenvalue weighted by Crippen LogP contribution is 2.36. The van der Waals surface area contributed by atoms with Crippen LogP contribution in [0, 0.1) is 0 Å². The fourth-order valence-corrected chi connectivity index (χ4v) is 5.37. The molecule has 2 aromatic carbocycles. The van der Waals surface area contributed by atoms with Crippen molar-refractivity contribution in [3.05, 3.63) is 59.7 Å². The minimum atomic E-state index is -1.02. The Bertz CT molecular complexity index is 1140. The van der Waals surface area contributed by atoms with Gasteiger partial charge in [0.1, 0.15) is 6.10 Å². The molecule has 2 atom stereocenters. The van der Waals surface area contributed by atoms with Gasteiger partial charge >= 0.3 is 5.97 Å². The number of nitrogens with zero attached hydrogens (tertiary/aromatic N) is 1. The molecule has 0 spiro atoms. The van der Waals surface area contributed by atoms with Gasteiger partial charge in [-0.1, -0.05) is 102 Å². The molecule has 1 fully saturated rings. The second kappa shape index (κ2) is 9.71. The van der Waals surface area contributed by atoms with Crippen molar-refractivity contribution in [2.45, 2.75) is 89.0 Å². The van der Waals surface area contributed by atoms with Gasteiger partial charge in [-0.05, 0) is 28.9 Å². The monoisotopic (exact) mass is 506 g/mol. The lowest BCUT2D eigenvalue weighted by molar-refractivity contribution is -0.165. The molecule has 4 rings (SSSR count). The zero-order valence-electron chi connectivity index (χ0n) is 22.4. The van der Waals surface area contributed by atoms with Gasteiger partial charge in [0.15, 0.2) is 5.16 Å². The van der Waals surface area contributed by atoms with Gasteiger partial charge in [0.05, 0.1) is 23.4 Å². The summed E-state index contributed by atoms with van der Waals surface area (Å²) in [5.41, 5.74) is 5.68. The van der Waals surface area contributed by atoms with Crippen molar-refractivity contribution in [1.29, 1.82) is 0 Å². The van der Waals surface area contributed by atoms with E-state index < -0.39 is 5.60 Å². The number of carbonyl (C=O) groups excluding carboxylic acids is 1. The van der Waals surface area contributed by atoms with E-state index in [1.54, 1.807) is 6.92 Å². The Kier molecular flexibility index (Phi) is 7.15. The molecule has 1 aliphatic rings. The molecule has 6 heteroatoms. The lowest BCUT2D eigenvalue weighted by Crippen LogP contribution is -2.41. The Hall–Kier alpha value is -2.57. The summed E-state index contributed by atoms with van der Waals surface area (Å²) >= 11 is 1.51. The summed E-state index contributed by atoms with van der Waals surface area (Å²) in [6.07, 6.45) is 0.118. The first-order chi connectivity index (χ1) is 16.7. The molecule has 1 aliphatic heterocycles. The zero-order chi connectivity index (χ0) is 26.3. The molecule has 0 bridgehead atoms. The Morgan fingerprint density at radius 2 is 1.50 bits per heavy atom. The number of esters is 1. The number of aliphatic hydroxyl groups is 1. The fraction of sp³-hybridized carbons (Fsp3) is 0.467. The van der Waals surface area contributed by atoms with Gasteiger partial charge in [0, 0.05) is 23.3 Å². The van der Waals surface area contributed by atoms with E-state index in [-0.39, 0.29) is 29.3 Å². The first-order valence-corrected chi connectivity index (χ1v) is 13.6. The number of benzene rings is 2. The second-order valence-corrected chi connectivity index (χ2v) is 13.2. The van der Waals surface area contributed by atoms with E-state index in [4.69, 9.17) is 9.72 Å². The van der Waals surface area contributed by atoms with Gasteiger partial charge in [0.2, 0.25) is 0 Å². The van der Waals surface area contributed by atoms with Gasteiger partial charge < -0.3 is 14.8 Å². The third kappa shape index (κ3) is 6.22. The maximum atomic E-state index is 11.9. The number of aromatic amines is 1. The number of nitrogens with one attached hydrogen (secondary N) is 1. The van der Waals surface area contributed by atoms with Crippen molar-refractivity contribution in [2.24, 2.45) is 0 Å². The van der Waals surface area contributed by atoms with Crippen LogP contribution in [0.15, 0.2) is 53.7 Å². The molecular weight excluding hydrogens is 468 g/mol. The van der Waals surface area contributed by atoms with E-state index >= 15 is 0 Å². The lowest BCUT2D eigenvalue weighted by atomic mass is 9.86. The van der Waals surface area contributed by atoms with Crippen LogP contribution in [0.4, 0.5) is 0 Å². The first kappa shape index (κ1) is 26.5. The molecule has 0 saturated carbocycles. The highest BCUT2D eigenvalue weighted by molar-refractivity contribution is 7.99. The van der Waals surface area contributed by atoms with Gasteiger partial charge in [-0.25, -0.2) is 4.98 Å². The van der Waals surface area contributed by atoms with Crippen LogP contribution < -0.4 is 0 Å². The van der Waals surface area contributed by atoms with Crippen LogP contribution in [0.2, 0.25) is 0 Å². The molecule has 0 aliphatic carbocycles. The SMILES string of the molecule is CC(C)(C)c1ccc(-c2nc(SC[C@H]3C[C@](C)(O)CC(=O)O3)[nH]c2-c2ccc(C(C)(C)C)cc2)cc1. The molecule has 5 nitrogen and oxygen atoms in total. The van der Waals surface area contributed by atoms with Crippen molar-refractivity contribution < 1.29 is 14.6 Å². The average Bonchev–Trinajstić information content (AvgIpc) is 3.20. The molecule has 0 unspecified atom stereocenters. The van der Waals surface area contributed by atoms with Crippen molar-refractivity contribution in [3.8, 4) is 22.5 Å². The molecule has 0 radical (unpaired) electrons. The maximum Gasteiger partial charge on any atom is 0.309 e. The summed E-state index contributed by atoms with van der Waals surface area (Å²) in [4.78, 5) is 20.4. The van der Waals surface area contributed by atoms with Gasteiger partial charge in [-0.15, -0.1) is 0 Å². The van der Waals surface area contributed by atoms with E-state index in [0.717, 1.165) is 27.7 Å². The molecule has 36 heavy (non-hydrogen) atoms. The summed E-state index contributed by atoms with van der Waals surface area (Å²) in [5.74, 6) is 0.177. The van der Waals surface area contributed by atoms with Crippen LogP contribution in [-0.2, 0) is 20.4 Å². The first-order valence-electron chi connectivity index (χ1n) is 12.6. The van der Waals surface area contributed by atoms with Crippen LogP contribution in [-0.4, -0.2) is 38.5 Å². The van der Waals surface area contributed by atoms with Crippen molar-refractivity contribution in [1.82, 2.24) is 9.97 Å². The Labute approximate surface area is 219 Å². The third-order valence-corrected chi connectivity index (χ3v) is 7.65. The smallest absolute Gasteiger partial charge is 0.309 e. The molecule has 1 saturated heterocycles. The number of ether oxygens (including phenoxy) is 1. The van der Waals surface area contributed by atoms with Crippen LogP contribution in [0.1, 0.15) is 72.4 Å². The fourth-order valence-electron chi connectivity index (χ4n) is 4.51. The number of carbonyl (C=O) groups is 1. The Balaban J connectivity index is 1.65. The van der Waals surface area contributed by atoms with Crippen LogP contribution in [0.3, 0.4) is 0 Å². The molecular formula is C30H38N2O3S. The number of cyclic esters (lactones) is 1. The topological polar surface area (TPSA) is 75.2 Å². The molecule has 2 heterocycles. The number of rotatable bonds is 5. The highest BCUT2D eigenvalue weighted by atomic mass is 32.2. The summed E-state index contributed by atoms with van der Waals surface area (Å²) in [6.45, 7) is 15.0. The van der Waals surface area contributed by atoms with Crippen molar-refractivity contribution in [2.75, 3.05) is 5.75 Å². The van der Waals surface area contributed by atoms with Gasteiger partial charge in [-0.2, -0.15) is 0 Å². The van der Waals surface area contributed by atoms with Crippen LogP contribution in [0.5, 0.6) is 0 Å². The molecule has 0 amide bonds. The molecule has 3 aromatic rings. The summed E-state index contributed by atoms with van der Waals surface area (Å²) < 4.78 is 5.48. The van der Waals surface area contributed by atoms with Crippen molar-refractivity contribution >= 4 is 17.7 Å². The quantitative estimate of drug-likeness (QED) is 0.291. The van der Waals surface area contributed by atoms with E-state index in [1.165, 1.54) is 22.9 Å². The standard InChI is InChI=1S/C30H38N2O3S/c1-28(2,3)21-12-8-19(9-13-21)25-26(20-10-14-22(15-11-20)29(4,5)6)32-27(31-25)36-18-23-16-30(7,34)17-24(33)35-23/h8-15,23,34H,16-18H2,1-7H3,(H,31,32)/t23-,30+/m1/s1. The number of H-pyrrole nitrogens is 1. The number of hydrogen-bond acceptors (Lipinski definition) is 5. The number of imidazole rings is 1. The maximum absolute atomic E-state index is 11.9. The molecule has 1 aromatic heterocycles.